The van der Waals surface area contributed by atoms with E-state index in [1.165, 1.54) is 22.9 Å². The molecule has 5 heterocycles. The molecule has 4 amide bonds. The Bertz CT molecular complexity index is 1340. The van der Waals surface area contributed by atoms with Crippen molar-refractivity contribution in [1.82, 2.24) is 30.1 Å². The van der Waals surface area contributed by atoms with Crippen LogP contribution in [0.15, 0.2) is 24.4 Å². The van der Waals surface area contributed by atoms with Gasteiger partial charge < -0.3 is 19.3 Å². The molecule has 4 aliphatic heterocycles. The third-order valence-corrected chi connectivity index (χ3v) is 7.29. The number of hydrogen-bond acceptors (Lipinski definition) is 9. The van der Waals surface area contributed by atoms with Crippen LogP contribution < -0.4 is 5.32 Å². The lowest BCUT2D eigenvalue weighted by atomic mass is 10.0. The fourth-order valence-electron chi connectivity index (χ4n) is 5.44. The molecule has 36 heavy (non-hydrogen) atoms. The number of aromatic nitrogens is 3. The van der Waals surface area contributed by atoms with E-state index in [0.717, 1.165) is 0 Å². The van der Waals surface area contributed by atoms with Crippen molar-refractivity contribution in [2.24, 2.45) is 0 Å². The number of hydrogen-bond donors (Lipinski definition) is 1. The second-order valence-corrected chi connectivity index (χ2v) is 9.38. The molecule has 2 bridgehead atoms. The van der Waals surface area contributed by atoms with Gasteiger partial charge in [-0.05, 0) is 30.2 Å². The molecular formula is C23H22N6O7. The summed E-state index contributed by atoms with van der Waals surface area (Å²) in [4.78, 5) is 65.0. The summed E-state index contributed by atoms with van der Waals surface area (Å²) in [6.07, 6.45) is 2.34. The van der Waals surface area contributed by atoms with E-state index in [2.05, 4.69) is 15.6 Å². The van der Waals surface area contributed by atoms with Crippen molar-refractivity contribution >= 4 is 29.6 Å². The third-order valence-electron chi connectivity index (χ3n) is 7.29. The van der Waals surface area contributed by atoms with Gasteiger partial charge in [-0.15, -0.1) is 5.10 Å². The molecule has 1 N–H and O–H groups in total. The van der Waals surface area contributed by atoms with Crippen molar-refractivity contribution in [3.8, 4) is 5.69 Å². The molecule has 1 aromatic heterocycles. The van der Waals surface area contributed by atoms with Crippen LogP contribution in [0.5, 0.6) is 0 Å². The summed E-state index contributed by atoms with van der Waals surface area (Å²) in [6, 6.07) is 4.16. The largest absolute Gasteiger partial charge is 0.467 e. The number of benzene rings is 1. The highest BCUT2D eigenvalue weighted by molar-refractivity contribution is 6.05. The zero-order valence-corrected chi connectivity index (χ0v) is 19.3. The normalized spacial score (nSPS) is 26.9. The number of rotatable bonds is 4. The highest BCUT2D eigenvalue weighted by Crippen LogP contribution is 2.39. The molecular weight excluding hydrogens is 472 g/mol. The van der Waals surface area contributed by atoms with Gasteiger partial charge in [0, 0.05) is 24.9 Å². The molecule has 0 spiro atoms. The maximum absolute atomic E-state index is 13.1. The first kappa shape index (κ1) is 22.3. The number of piperidine rings is 1. The molecule has 3 atom stereocenters. The van der Waals surface area contributed by atoms with E-state index in [0.29, 0.717) is 23.2 Å². The number of nitrogens with zero attached hydrogens (tertiary/aromatic N) is 5. The molecule has 13 nitrogen and oxygen atoms in total. The monoisotopic (exact) mass is 494 g/mol. The number of methoxy groups -OCH3 is 1. The molecule has 0 radical (unpaired) electrons. The highest BCUT2D eigenvalue weighted by Gasteiger charge is 2.58. The van der Waals surface area contributed by atoms with Gasteiger partial charge in [-0.3, -0.25) is 24.5 Å². The molecule has 186 valence electrons. The van der Waals surface area contributed by atoms with Crippen LogP contribution in [0.2, 0.25) is 0 Å². The molecule has 1 aromatic carbocycles. The Balaban J connectivity index is 1.19. The minimum absolute atomic E-state index is 0.0904. The van der Waals surface area contributed by atoms with Crippen LogP contribution in [0.25, 0.3) is 5.69 Å². The van der Waals surface area contributed by atoms with Crippen LogP contribution in [-0.2, 0) is 30.4 Å². The Morgan fingerprint density at radius 3 is 2.86 bits per heavy atom. The quantitative estimate of drug-likeness (QED) is 0.424. The smallest absolute Gasteiger partial charge is 0.340 e. The first-order chi connectivity index (χ1) is 17.3. The van der Waals surface area contributed by atoms with E-state index >= 15 is 0 Å². The average Bonchev–Trinajstić information content (AvgIpc) is 3.66. The fraction of sp³-hybridized carbons (Fsp3) is 0.435. The minimum Gasteiger partial charge on any atom is -0.467 e. The van der Waals surface area contributed by atoms with E-state index < -0.39 is 23.5 Å². The van der Waals surface area contributed by atoms with Gasteiger partial charge in [-0.25, -0.2) is 9.48 Å². The lowest BCUT2D eigenvalue weighted by molar-refractivity contribution is -0.165. The van der Waals surface area contributed by atoms with Crippen LogP contribution in [0.1, 0.15) is 45.7 Å². The van der Waals surface area contributed by atoms with Gasteiger partial charge in [-0.2, -0.15) is 0 Å². The first-order valence-electron chi connectivity index (χ1n) is 11.5. The van der Waals surface area contributed by atoms with Crippen molar-refractivity contribution < 1.29 is 33.4 Å². The Hall–Kier alpha value is -4.13. The summed E-state index contributed by atoms with van der Waals surface area (Å²) in [5.74, 6) is -1.94. The molecule has 3 unspecified atom stereocenters. The Kier molecular flexibility index (Phi) is 4.93. The van der Waals surface area contributed by atoms with Crippen LogP contribution in [0.3, 0.4) is 0 Å². The zero-order chi connectivity index (χ0) is 25.2. The molecule has 0 aliphatic carbocycles. The SMILES string of the molecule is COC(=O)C12CC(CO1)N(C(=O)c1cn(-c3ccc4c(c3)CN(C3CCC(=O)NC3=O)C4=O)nn1)C2. The summed E-state index contributed by atoms with van der Waals surface area (Å²) in [7, 11) is 1.29. The van der Waals surface area contributed by atoms with Gasteiger partial charge in [0.1, 0.15) is 6.04 Å². The summed E-state index contributed by atoms with van der Waals surface area (Å²) in [5.41, 5.74) is 0.756. The van der Waals surface area contributed by atoms with Crippen molar-refractivity contribution in [2.75, 3.05) is 20.3 Å². The highest BCUT2D eigenvalue weighted by atomic mass is 16.6. The average molecular weight is 494 g/mol. The van der Waals surface area contributed by atoms with Gasteiger partial charge in [0.25, 0.3) is 11.8 Å². The lowest BCUT2D eigenvalue weighted by Gasteiger charge is -2.30. The number of likely N-dealkylation sites (tertiary alicyclic amines) is 1. The second-order valence-electron chi connectivity index (χ2n) is 9.38. The molecule has 0 saturated carbocycles. The molecule has 13 heteroatoms. The Morgan fingerprint density at radius 1 is 1.25 bits per heavy atom. The standard InChI is InChI=1S/C23H22N6O7/c1-35-22(34)23-7-14(10-36-23)28(11-23)21(33)16-9-29(26-25-16)13-2-3-15-12(6-13)8-27(20(15)32)17-4-5-18(30)24-19(17)31/h2-3,6,9,14,17H,4-5,7-8,10-11H2,1H3,(H,24,30,31). The van der Waals surface area contributed by atoms with Gasteiger partial charge in [-0.1, -0.05) is 5.21 Å². The Labute approximate surface area is 204 Å². The van der Waals surface area contributed by atoms with E-state index in [1.807, 2.05) is 0 Å². The number of fused-ring (bicyclic) bond motifs is 3. The molecule has 6 rings (SSSR count). The minimum atomic E-state index is -1.13. The van der Waals surface area contributed by atoms with Crippen LogP contribution in [0.4, 0.5) is 0 Å². The first-order valence-corrected chi connectivity index (χ1v) is 11.5. The number of esters is 1. The number of carbonyl (C=O) groups is 5. The summed E-state index contributed by atoms with van der Waals surface area (Å²) in [5, 5.41) is 10.4. The fourth-order valence-corrected chi connectivity index (χ4v) is 5.44. The summed E-state index contributed by atoms with van der Waals surface area (Å²) >= 11 is 0. The maximum atomic E-state index is 13.1. The topological polar surface area (TPSA) is 153 Å². The molecule has 3 saturated heterocycles. The maximum Gasteiger partial charge on any atom is 0.340 e. The van der Waals surface area contributed by atoms with E-state index in [1.54, 1.807) is 23.1 Å². The predicted octanol–water partition coefficient (Wildman–Crippen LogP) is -0.815. The molecule has 4 aliphatic rings. The van der Waals surface area contributed by atoms with Crippen molar-refractivity contribution in [2.45, 2.75) is 43.5 Å². The summed E-state index contributed by atoms with van der Waals surface area (Å²) < 4.78 is 11.9. The number of ether oxygens (including phenoxy) is 2. The van der Waals surface area contributed by atoms with Gasteiger partial charge >= 0.3 is 5.97 Å². The zero-order valence-electron chi connectivity index (χ0n) is 19.3. The van der Waals surface area contributed by atoms with Crippen molar-refractivity contribution in [1.29, 1.82) is 0 Å². The third kappa shape index (κ3) is 3.30. The summed E-state index contributed by atoms with van der Waals surface area (Å²) in [6.45, 7) is 0.560. The van der Waals surface area contributed by atoms with Crippen LogP contribution >= 0.6 is 0 Å². The number of morpholine rings is 1. The lowest BCUT2D eigenvalue weighted by Crippen LogP contribution is -2.52. The number of carbonyl (C=O) groups excluding carboxylic acids is 5. The molecule has 3 fully saturated rings. The van der Waals surface area contributed by atoms with E-state index in [4.69, 9.17) is 9.47 Å². The number of amides is 4. The Morgan fingerprint density at radius 2 is 2.08 bits per heavy atom. The number of imide groups is 1. The van der Waals surface area contributed by atoms with Crippen LogP contribution in [-0.4, -0.2) is 92.3 Å². The van der Waals surface area contributed by atoms with Gasteiger partial charge in [0.15, 0.2) is 11.3 Å². The second kappa shape index (κ2) is 7.95. The van der Waals surface area contributed by atoms with Crippen molar-refractivity contribution in [3.05, 3.63) is 41.2 Å². The number of nitrogens with one attached hydrogen (secondary N) is 1. The van der Waals surface area contributed by atoms with Gasteiger partial charge in [0.2, 0.25) is 11.8 Å². The van der Waals surface area contributed by atoms with Gasteiger partial charge in [0.05, 0.1) is 38.2 Å². The van der Waals surface area contributed by atoms with E-state index in [-0.39, 0.29) is 62.0 Å². The molecule has 2 aromatic rings. The predicted molar refractivity (Wildman–Crippen MR) is 118 cm³/mol. The van der Waals surface area contributed by atoms with Crippen LogP contribution in [0, 0.1) is 0 Å². The van der Waals surface area contributed by atoms with E-state index in [9.17, 15) is 24.0 Å². The van der Waals surface area contributed by atoms with Crippen molar-refractivity contribution in [3.63, 3.8) is 0 Å².